The number of hydrogen-bond donors (Lipinski definition) is 1. The van der Waals surface area contributed by atoms with Crippen LogP contribution in [0.4, 0.5) is 4.79 Å². The minimum atomic E-state index is -0.475. The average molecular weight is 146 g/mol. The Morgan fingerprint density at radius 3 is 2.50 bits per heavy atom. The van der Waals surface area contributed by atoms with E-state index in [-0.39, 0.29) is 6.04 Å². The van der Waals surface area contributed by atoms with E-state index in [1.54, 1.807) is 6.92 Å². The molecular weight excluding hydrogens is 132 g/mol. The molecule has 4 heteroatoms. The lowest BCUT2D eigenvalue weighted by molar-refractivity contribution is 0.0963. The van der Waals surface area contributed by atoms with Gasteiger partial charge in [-0.25, -0.2) is 15.6 Å². The van der Waals surface area contributed by atoms with Gasteiger partial charge in [0.2, 0.25) is 0 Å². The van der Waals surface area contributed by atoms with Crippen molar-refractivity contribution in [3.63, 3.8) is 0 Å². The number of nitrogens with zero attached hydrogens (tertiary/aromatic N) is 1. The van der Waals surface area contributed by atoms with E-state index in [2.05, 4.69) is 4.74 Å². The maximum atomic E-state index is 10.8. The van der Waals surface area contributed by atoms with Crippen LogP contribution in [-0.2, 0) is 4.74 Å². The third-order valence-corrected chi connectivity index (χ3v) is 1.03. The van der Waals surface area contributed by atoms with Gasteiger partial charge in [0.1, 0.15) is 0 Å². The lowest BCUT2D eigenvalue weighted by Crippen LogP contribution is -2.42. The maximum Gasteiger partial charge on any atom is 0.424 e. The van der Waals surface area contributed by atoms with Crippen LogP contribution in [0.1, 0.15) is 20.8 Å². The van der Waals surface area contributed by atoms with E-state index in [1.807, 2.05) is 13.8 Å². The van der Waals surface area contributed by atoms with Gasteiger partial charge in [-0.15, -0.1) is 0 Å². The molecule has 0 aromatic carbocycles. The molecule has 0 spiro atoms. The third kappa shape index (κ3) is 2.68. The fraction of sp³-hybridized carbons (Fsp3) is 0.833. The van der Waals surface area contributed by atoms with E-state index in [0.717, 1.165) is 5.01 Å². The van der Waals surface area contributed by atoms with Crippen LogP contribution in [0.5, 0.6) is 0 Å². The number of carbonyl (C=O) groups excluding carboxylic acids is 1. The molecule has 0 aliphatic rings. The molecule has 0 saturated carbocycles. The zero-order chi connectivity index (χ0) is 8.15. The molecule has 2 N–H and O–H groups in total. The first-order valence-corrected chi connectivity index (χ1v) is 3.30. The van der Waals surface area contributed by atoms with Crippen LogP contribution in [0, 0.1) is 0 Å². The zero-order valence-electron chi connectivity index (χ0n) is 6.63. The first-order chi connectivity index (χ1) is 4.59. The summed E-state index contributed by atoms with van der Waals surface area (Å²) in [7, 11) is 0. The molecule has 4 nitrogen and oxygen atoms in total. The molecule has 0 atom stereocenters. The van der Waals surface area contributed by atoms with Crippen LogP contribution in [-0.4, -0.2) is 23.8 Å². The summed E-state index contributed by atoms with van der Waals surface area (Å²) in [6.07, 6.45) is -0.475. The Kier molecular flexibility index (Phi) is 3.79. The summed E-state index contributed by atoms with van der Waals surface area (Å²) in [5.74, 6) is 5.30. The summed E-state index contributed by atoms with van der Waals surface area (Å²) < 4.78 is 4.63. The predicted molar refractivity (Wildman–Crippen MR) is 38.2 cm³/mol. The van der Waals surface area contributed by atoms with Crippen LogP contribution in [0.15, 0.2) is 0 Å². The van der Waals surface area contributed by atoms with Gasteiger partial charge in [0.25, 0.3) is 0 Å². The Morgan fingerprint density at radius 2 is 2.20 bits per heavy atom. The van der Waals surface area contributed by atoms with Crippen molar-refractivity contribution in [3.8, 4) is 0 Å². The maximum absolute atomic E-state index is 10.8. The molecule has 0 heterocycles. The minimum absolute atomic E-state index is 0.0148. The van der Waals surface area contributed by atoms with Gasteiger partial charge in [0.05, 0.1) is 6.61 Å². The van der Waals surface area contributed by atoms with Crippen molar-refractivity contribution in [2.75, 3.05) is 6.61 Å². The highest BCUT2D eigenvalue weighted by atomic mass is 16.6. The lowest BCUT2D eigenvalue weighted by Gasteiger charge is -2.19. The Hall–Kier alpha value is -0.770. The molecule has 0 unspecified atom stereocenters. The number of carbonyl (C=O) groups is 1. The minimum Gasteiger partial charge on any atom is -0.449 e. The van der Waals surface area contributed by atoms with Crippen molar-refractivity contribution >= 4 is 6.09 Å². The van der Waals surface area contributed by atoms with Crippen LogP contribution in [0.25, 0.3) is 0 Å². The van der Waals surface area contributed by atoms with Crippen molar-refractivity contribution in [1.29, 1.82) is 0 Å². The van der Waals surface area contributed by atoms with Gasteiger partial charge in [-0.2, -0.15) is 0 Å². The highest BCUT2D eigenvalue weighted by Gasteiger charge is 2.12. The fourth-order valence-electron chi connectivity index (χ4n) is 0.409. The molecule has 0 saturated heterocycles. The highest BCUT2D eigenvalue weighted by Crippen LogP contribution is 1.93. The lowest BCUT2D eigenvalue weighted by atomic mass is 10.4. The first-order valence-electron chi connectivity index (χ1n) is 3.30. The molecular formula is C6H14N2O2. The largest absolute Gasteiger partial charge is 0.449 e. The van der Waals surface area contributed by atoms with Crippen LogP contribution in [0.3, 0.4) is 0 Å². The van der Waals surface area contributed by atoms with Gasteiger partial charge in [-0.3, -0.25) is 0 Å². The second-order valence-corrected chi connectivity index (χ2v) is 2.20. The molecule has 0 fully saturated rings. The molecule has 10 heavy (non-hydrogen) atoms. The zero-order valence-corrected chi connectivity index (χ0v) is 6.63. The topological polar surface area (TPSA) is 55.6 Å². The Balaban J connectivity index is 3.71. The van der Waals surface area contributed by atoms with Crippen molar-refractivity contribution < 1.29 is 9.53 Å². The molecule has 60 valence electrons. The van der Waals surface area contributed by atoms with Gasteiger partial charge in [0.15, 0.2) is 0 Å². The van der Waals surface area contributed by atoms with Crippen molar-refractivity contribution in [2.24, 2.45) is 5.84 Å². The van der Waals surface area contributed by atoms with Gasteiger partial charge in [-0.1, -0.05) is 0 Å². The van der Waals surface area contributed by atoms with E-state index in [1.165, 1.54) is 0 Å². The third-order valence-electron chi connectivity index (χ3n) is 1.03. The molecule has 1 amide bonds. The summed E-state index contributed by atoms with van der Waals surface area (Å²) in [5.41, 5.74) is 0. The number of ether oxygens (including phenoxy) is 1. The molecule has 0 rings (SSSR count). The first kappa shape index (κ1) is 9.23. The number of hydrazine groups is 1. The normalized spacial score (nSPS) is 9.70. The standard InChI is InChI=1S/C6H14N2O2/c1-4-10-6(9)8(7)5(2)3/h5H,4,7H2,1-3H3. The monoisotopic (exact) mass is 146 g/mol. The van der Waals surface area contributed by atoms with Crippen molar-refractivity contribution in [3.05, 3.63) is 0 Å². The SMILES string of the molecule is CCOC(=O)N(N)C(C)C. The predicted octanol–water partition coefficient (Wildman–Crippen LogP) is 0.727. The van der Waals surface area contributed by atoms with Gasteiger partial charge < -0.3 is 4.74 Å². The van der Waals surface area contributed by atoms with E-state index < -0.39 is 6.09 Å². The molecule has 0 aliphatic carbocycles. The Morgan fingerprint density at radius 1 is 1.70 bits per heavy atom. The number of amides is 1. The molecule has 0 radical (unpaired) electrons. The Bertz CT molecular complexity index is 114. The van der Waals surface area contributed by atoms with Crippen LogP contribution in [0.2, 0.25) is 0 Å². The van der Waals surface area contributed by atoms with E-state index in [4.69, 9.17) is 5.84 Å². The summed E-state index contributed by atoms with van der Waals surface area (Å²) in [6.45, 7) is 5.74. The number of hydrogen-bond acceptors (Lipinski definition) is 3. The second kappa shape index (κ2) is 4.11. The van der Waals surface area contributed by atoms with E-state index in [9.17, 15) is 4.79 Å². The Labute approximate surface area is 60.9 Å². The number of rotatable bonds is 2. The van der Waals surface area contributed by atoms with Crippen molar-refractivity contribution in [2.45, 2.75) is 26.8 Å². The smallest absolute Gasteiger partial charge is 0.424 e. The highest BCUT2D eigenvalue weighted by molar-refractivity contribution is 5.66. The molecule has 0 bridgehead atoms. The molecule has 0 aromatic rings. The molecule has 0 aliphatic heterocycles. The second-order valence-electron chi connectivity index (χ2n) is 2.20. The van der Waals surface area contributed by atoms with Crippen LogP contribution >= 0.6 is 0 Å². The van der Waals surface area contributed by atoms with Gasteiger partial charge >= 0.3 is 6.09 Å². The van der Waals surface area contributed by atoms with Crippen molar-refractivity contribution in [1.82, 2.24) is 5.01 Å². The van der Waals surface area contributed by atoms with E-state index in [0.29, 0.717) is 6.61 Å². The van der Waals surface area contributed by atoms with E-state index >= 15 is 0 Å². The molecule has 0 aromatic heterocycles. The quantitative estimate of drug-likeness (QED) is 0.355. The average Bonchev–Trinajstić information content (AvgIpc) is 1.87. The van der Waals surface area contributed by atoms with Gasteiger partial charge in [-0.05, 0) is 20.8 Å². The van der Waals surface area contributed by atoms with Gasteiger partial charge in [0, 0.05) is 6.04 Å². The summed E-state index contributed by atoms with van der Waals surface area (Å²) in [6, 6.07) is -0.0148. The fourth-order valence-corrected chi connectivity index (χ4v) is 0.409. The number of nitrogens with two attached hydrogens (primary N) is 1. The summed E-state index contributed by atoms with van der Waals surface area (Å²) >= 11 is 0. The van der Waals surface area contributed by atoms with Crippen LogP contribution < -0.4 is 5.84 Å². The summed E-state index contributed by atoms with van der Waals surface area (Å²) in [4.78, 5) is 10.8. The summed E-state index contributed by atoms with van der Waals surface area (Å²) in [5, 5.41) is 1.06.